The van der Waals surface area contributed by atoms with Crippen LogP contribution in [0, 0.1) is 0 Å². The number of rotatable bonds is 1. The fraction of sp³-hybridized carbons (Fsp3) is 0.600. The lowest BCUT2D eigenvalue weighted by Crippen LogP contribution is -2.37. The van der Waals surface area contributed by atoms with Crippen LogP contribution >= 0.6 is 0 Å². The molecule has 1 rings (SSSR count). The molecular weight excluding hydrogens is 138 g/mol. The molecule has 0 aromatic rings. The number of aliphatic carboxylic acids is 1. The lowest BCUT2D eigenvalue weighted by molar-refractivity contribution is -0.195. The predicted molar refractivity (Wildman–Crippen MR) is 31.3 cm³/mol. The van der Waals surface area contributed by atoms with Crippen LogP contribution in [0.1, 0.15) is 13.8 Å². The van der Waals surface area contributed by atoms with E-state index in [0.717, 1.165) is 0 Å². The first kappa shape index (κ1) is 6.85. The quantitative estimate of drug-likeness (QED) is 0.571. The molecule has 0 fully saturated rings. The lowest BCUT2D eigenvalue weighted by atomic mass is 10.3. The van der Waals surface area contributed by atoms with Gasteiger partial charge in [0.2, 0.25) is 5.90 Å². The third-order valence-corrected chi connectivity index (χ3v) is 1.08. The summed E-state index contributed by atoms with van der Waals surface area (Å²) in [5, 5.41) is 11.8. The van der Waals surface area contributed by atoms with E-state index in [4.69, 9.17) is 9.84 Å². The van der Waals surface area contributed by atoms with Crippen molar-refractivity contribution in [2.45, 2.75) is 19.6 Å². The first-order chi connectivity index (χ1) is 4.54. The summed E-state index contributed by atoms with van der Waals surface area (Å²) in [6, 6.07) is 0. The molecule has 0 saturated heterocycles. The van der Waals surface area contributed by atoms with Crippen molar-refractivity contribution in [3.05, 3.63) is 0 Å². The summed E-state index contributed by atoms with van der Waals surface area (Å²) < 4.78 is 4.74. The summed E-state index contributed by atoms with van der Waals surface area (Å²) in [5.74, 6) is -2.58. The maximum atomic E-state index is 10.3. The predicted octanol–water partition coefficient (Wildman–Crippen LogP) is 0.167. The molecule has 1 aliphatic heterocycles. The summed E-state index contributed by atoms with van der Waals surface area (Å²) in [7, 11) is 0. The highest BCUT2D eigenvalue weighted by molar-refractivity contribution is 5.82. The highest BCUT2D eigenvalue weighted by atomic mass is 16.8. The molecule has 0 radical (unpaired) electrons. The van der Waals surface area contributed by atoms with Gasteiger partial charge in [0.25, 0.3) is 0 Å². The van der Waals surface area contributed by atoms with E-state index in [2.05, 4.69) is 9.99 Å². The smallest absolute Gasteiger partial charge is 0.392 e. The van der Waals surface area contributed by atoms with Crippen LogP contribution in [-0.2, 0) is 14.4 Å². The van der Waals surface area contributed by atoms with E-state index >= 15 is 0 Å². The van der Waals surface area contributed by atoms with Crippen LogP contribution in [-0.4, -0.2) is 22.8 Å². The molecule has 0 spiro atoms. The molecule has 1 aliphatic rings. The minimum Gasteiger partial charge on any atom is -0.475 e. The minimum absolute atomic E-state index is 0.227. The van der Waals surface area contributed by atoms with E-state index in [0.29, 0.717) is 0 Å². The largest absolute Gasteiger partial charge is 0.475 e. The van der Waals surface area contributed by atoms with Crippen LogP contribution in [0.2, 0.25) is 0 Å². The van der Waals surface area contributed by atoms with Gasteiger partial charge < -0.3 is 14.7 Å². The zero-order valence-corrected chi connectivity index (χ0v) is 5.62. The van der Waals surface area contributed by atoms with Crippen LogP contribution in [0.4, 0.5) is 0 Å². The van der Waals surface area contributed by atoms with Gasteiger partial charge in [-0.15, -0.1) is 0 Å². The summed E-state index contributed by atoms with van der Waals surface area (Å²) in [6.07, 6.45) is 0. The highest BCUT2D eigenvalue weighted by Crippen LogP contribution is 2.19. The highest BCUT2D eigenvalue weighted by Gasteiger charge is 2.43. The number of oxime groups is 1. The van der Waals surface area contributed by atoms with Crippen molar-refractivity contribution < 1.29 is 19.5 Å². The zero-order valence-electron chi connectivity index (χ0n) is 5.62. The Hall–Kier alpha value is -1.26. The molecule has 1 atom stereocenters. The molecule has 0 aliphatic carbocycles. The van der Waals surface area contributed by atoms with Gasteiger partial charge in [0, 0.05) is 13.8 Å². The van der Waals surface area contributed by atoms with Crippen LogP contribution in [0.25, 0.3) is 0 Å². The van der Waals surface area contributed by atoms with Crippen LogP contribution in [0.15, 0.2) is 5.16 Å². The van der Waals surface area contributed by atoms with Crippen molar-refractivity contribution in [1.29, 1.82) is 0 Å². The van der Waals surface area contributed by atoms with E-state index in [1.165, 1.54) is 13.8 Å². The van der Waals surface area contributed by atoms with Crippen molar-refractivity contribution in [2.75, 3.05) is 0 Å². The van der Waals surface area contributed by atoms with E-state index in [-0.39, 0.29) is 5.90 Å². The number of hydrogen-bond acceptors (Lipinski definition) is 4. The summed E-state index contributed by atoms with van der Waals surface area (Å²) in [4.78, 5) is 14.8. The summed E-state index contributed by atoms with van der Waals surface area (Å²) in [5.41, 5.74) is 0. The standard InChI is InChI=1S/C5H7NO4/c1-3-6-10-5(2,9-3)4(7)8/h1-2H3,(H,7,8)/t5-/m1/s1. The monoisotopic (exact) mass is 145 g/mol. The van der Waals surface area contributed by atoms with Crippen molar-refractivity contribution in [3.8, 4) is 0 Å². The minimum atomic E-state index is -1.62. The Labute approximate surface area is 57.2 Å². The van der Waals surface area contributed by atoms with Crippen molar-refractivity contribution in [1.82, 2.24) is 0 Å². The second-order valence-corrected chi connectivity index (χ2v) is 2.05. The van der Waals surface area contributed by atoms with Crippen molar-refractivity contribution >= 4 is 11.9 Å². The van der Waals surface area contributed by atoms with Crippen LogP contribution in [0.3, 0.4) is 0 Å². The first-order valence-corrected chi connectivity index (χ1v) is 2.70. The Morgan fingerprint density at radius 2 is 2.40 bits per heavy atom. The fourth-order valence-electron chi connectivity index (χ4n) is 0.553. The van der Waals surface area contributed by atoms with E-state index in [1.807, 2.05) is 0 Å². The maximum absolute atomic E-state index is 10.3. The number of carboxylic acid groups (broad SMARTS) is 1. The molecule has 56 valence electrons. The third-order valence-electron chi connectivity index (χ3n) is 1.08. The SMILES string of the molecule is CC1=NO[C@](C)(C(=O)O)O1. The average Bonchev–Trinajstić information content (AvgIpc) is 2.13. The molecule has 5 nitrogen and oxygen atoms in total. The zero-order chi connectivity index (χ0) is 7.78. The summed E-state index contributed by atoms with van der Waals surface area (Å²) >= 11 is 0. The second kappa shape index (κ2) is 1.86. The van der Waals surface area contributed by atoms with Gasteiger partial charge in [-0.25, -0.2) is 4.79 Å². The number of nitrogens with zero attached hydrogens (tertiary/aromatic N) is 1. The van der Waals surface area contributed by atoms with Gasteiger partial charge in [-0.3, -0.25) is 0 Å². The van der Waals surface area contributed by atoms with Gasteiger partial charge in [-0.1, -0.05) is 0 Å². The third kappa shape index (κ3) is 0.896. The van der Waals surface area contributed by atoms with Crippen molar-refractivity contribution in [3.63, 3.8) is 0 Å². The van der Waals surface area contributed by atoms with E-state index in [9.17, 15) is 4.79 Å². The van der Waals surface area contributed by atoms with Gasteiger partial charge in [0.1, 0.15) is 0 Å². The molecule has 10 heavy (non-hydrogen) atoms. The Bertz CT molecular complexity index is 200. The average molecular weight is 145 g/mol. The van der Waals surface area contributed by atoms with Crippen LogP contribution in [0.5, 0.6) is 0 Å². The van der Waals surface area contributed by atoms with Gasteiger partial charge >= 0.3 is 11.8 Å². The van der Waals surface area contributed by atoms with Gasteiger partial charge in [0.05, 0.1) is 0 Å². The molecule has 0 aromatic carbocycles. The molecule has 0 saturated carbocycles. The number of hydrogen-bond donors (Lipinski definition) is 1. The first-order valence-electron chi connectivity index (χ1n) is 2.70. The normalized spacial score (nSPS) is 30.4. The summed E-state index contributed by atoms with van der Waals surface area (Å²) in [6.45, 7) is 2.81. The molecular formula is C5H7NO4. The van der Waals surface area contributed by atoms with Gasteiger partial charge in [-0.2, -0.15) is 0 Å². The second-order valence-electron chi connectivity index (χ2n) is 2.05. The molecule has 0 bridgehead atoms. The Morgan fingerprint density at radius 1 is 1.80 bits per heavy atom. The number of ether oxygens (including phenoxy) is 1. The van der Waals surface area contributed by atoms with Gasteiger partial charge in [-0.05, 0) is 5.16 Å². The molecule has 5 heteroatoms. The van der Waals surface area contributed by atoms with E-state index < -0.39 is 11.8 Å². The Balaban J connectivity index is 2.70. The van der Waals surface area contributed by atoms with Crippen LogP contribution < -0.4 is 0 Å². The topological polar surface area (TPSA) is 68.1 Å². The molecule has 1 N–H and O–H groups in total. The van der Waals surface area contributed by atoms with Crippen molar-refractivity contribution in [2.24, 2.45) is 5.16 Å². The molecule has 1 heterocycles. The lowest BCUT2D eigenvalue weighted by Gasteiger charge is -2.14. The molecule has 0 aromatic heterocycles. The molecule has 0 unspecified atom stereocenters. The van der Waals surface area contributed by atoms with E-state index in [1.54, 1.807) is 0 Å². The van der Waals surface area contributed by atoms with Gasteiger partial charge in [0.15, 0.2) is 0 Å². The Kier molecular flexibility index (Phi) is 1.28. The fourth-order valence-corrected chi connectivity index (χ4v) is 0.553. The maximum Gasteiger partial charge on any atom is 0.392 e. The number of carboxylic acids is 1. The molecule has 0 amide bonds. The number of carbonyl (C=O) groups is 1. The Morgan fingerprint density at radius 3 is 2.60 bits per heavy atom.